The van der Waals surface area contributed by atoms with Crippen molar-refractivity contribution in [3.05, 3.63) is 30.4 Å². The number of methoxy groups -OCH3 is 1. The third-order valence-corrected chi connectivity index (χ3v) is 3.59. The third-order valence-electron chi connectivity index (χ3n) is 3.59. The molecule has 0 radical (unpaired) electrons. The molecular formula is C17H18F2N6O3. The molecule has 0 aliphatic carbocycles. The second-order valence-electron chi connectivity index (χ2n) is 5.98. The molecule has 1 amide bonds. The summed E-state index contributed by atoms with van der Waals surface area (Å²) in [6.45, 7) is 2.46. The molecule has 1 N–H and O–H groups in total. The van der Waals surface area contributed by atoms with E-state index in [2.05, 4.69) is 25.4 Å². The van der Waals surface area contributed by atoms with E-state index in [1.165, 1.54) is 37.2 Å². The summed E-state index contributed by atoms with van der Waals surface area (Å²) in [5.41, 5.74) is 0.519. The van der Waals surface area contributed by atoms with Crippen LogP contribution < -0.4 is 10.1 Å². The molecule has 0 atom stereocenters. The quantitative estimate of drug-likeness (QED) is 0.615. The first-order valence-electron chi connectivity index (χ1n) is 8.29. The molecule has 3 rings (SSSR count). The van der Waals surface area contributed by atoms with Gasteiger partial charge in [0.15, 0.2) is 5.82 Å². The summed E-state index contributed by atoms with van der Waals surface area (Å²) in [6, 6.07) is 2.97. The number of amides is 1. The van der Waals surface area contributed by atoms with Gasteiger partial charge in [0, 0.05) is 44.7 Å². The number of halogens is 2. The second-order valence-corrected chi connectivity index (χ2v) is 5.98. The van der Waals surface area contributed by atoms with Gasteiger partial charge in [-0.15, -0.1) is 0 Å². The molecule has 9 nitrogen and oxygen atoms in total. The summed E-state index contributed by atoms with van der Waals surface area (Å²) in [7, 11) is 1.50. The molecule has 3 aromatic heterocycles. The summed E-state index contributed by atoms with van der Waals surface area (Å²) in [6.07, 6.45) is 3.02. The molecule has 0 spiro atoms. The van der Waals surface area contributed by atoms with E-state index in [0.29, 0.717) is 23.6 Å². The number of aromatic nitrogens is 5. The Hall–Kier alpha value is -3.21. The van der Waals surface area contributed by atoms with Crippen molar-refractivity contribution < 1.29 is 23.0 Å². The molecule has 0 saturated carbocycles. The molecular weight excluding hydrogens is 374 g/mol. The summed E-state index contributed by atoms with van der Waals surface area (Å²) in [5.74, 6) is -3.90. The van der Waals surface area contributed by atoms with Gasteiger partial charge in [-0.25, -0.2) is 14.6 Å². The van der Waals surface area contributed by atoms with Gasteiger partial charge < -0.3 is 14.8 Å². The Kier molecular flexibility index (Phi) is 5.45. The number of fused-ring (bicyclic) bond motifs is 1. The number of anilines is 1. The van der Waals surface area contributed by atoms with E-state index in [1.54, 1.807) is 6.07 Å². The maximum Gasteiger partial charge on any atom is 0.304 e. The first-order chi connectivity index (χ1) is 13.3. The molecule has 28 heavy (non-hydrogen) atoms. The lowest BCUT2D eigenvalue weighted by molar-refractivity contribution is -0.114. The fourth-order valence-electron chi connectivity index (χ4n) is 2.37. The second kappa shape index (κ2) is 7.80. The molecule has 148 valence electrons. The first kappa shape index (κ1) is 19.5. The van der Waals surface area contributed by atoms with Gasteiger partial charge in [-0.2, -0.15) is 18.9 Å². The minimum atomic E-state index is -3.28. The van der Waals surface area contributed by atoms with Crippen LogP contribution in [0, 0.1) is 0 Å². The predicted molar refractivity (Wildman–Crippen MR) is 95.7 cm³/mol. The Morgan fingerprint density at radius 1 is 1.25 bits per heavy atom. The highest BCUT2D eigenvalue weighted by Crippen LogP contribution is 2.28. The Morgan fingerprint density at radius 2 is 2.04 bits per heavy atom. The number of nitrogens with one attached hydrogen (secondary N) is 1. The van der Waals surface area contributed by atoms with Crippen LogP contribution in [-0.4, -0.2) is 51.0 Å². The first-order valence-corrected chi connectivity index (χ1v) is 8.29. The van der Waals surface area contributed by atoms with E-state index in [1.807, 2.05) is 0 Å². The van der Waals surface area contributed by atoms with Crippen LogP contribution in [0.25, 0.3) is 16.7 Å². The van der Waals surface area contributed by atoms with Crippen molar-refractivity contribution in [2.75, 3.05) is 25.6 Å². The Balaban J connectivity index is 2.08. The topological polar surface area (TPSA) is 104 Å². The number of rotatable bonds is 7. The van der Waals surface area contributed by atoms with Crippen molar-refractivity contribution in [1.29, 1.82) is 0 Å². The molecule has 0 aliphatic heterocycles. The van der Waals surface area contributed by atoms with Gasteiger partial charge in [-0.05, 0) is 0 Å². The minimum Gasteiger partial charge on any atom is -0.475 e. The average Bonchev–Trinajstić information content (AvgIpc) is 3.03. The zero-order valence-electron chi connectivity index (χ0n) is 15.4. The summed E-state index contributed by atoms with van der Waals surface area (Å²) in [5, 5.41) is 7.40. The van der Waals surface area contributed by atoms with Crippen molar-refractivity contribution in [1.82, 2.24) is 24.7 Å². The minimum absolute atomic E-state index is 0.0293. The number of pyridine rings is 1. The molecule has 0 aromatic carbocycles. The smallest absolute Gasteiger partial charge is 0.304 e. The van der Waals surface area contributed by atoms with Crippen molar-refractivity contribution >= 4 is 22.6 Å². The lowest BCUT2D eigenvalue weighted by Gasteiger charge is -2.13. The van der Waals surface area contributed by atoms with Crippen molar-refractivity contribution in [3.8, 4) is 11.7 Å². The maximum absolute atomic E-state index is 13.9. The van der Waals surface area contributed by atoms with Crippen LogP contribution >= 0.6 is 0 Å². The Morgan fingerprint density at radius 3 is 2.71 bits per heavy atom. The third kappa shape index (κ3) is 4.36. The largest absolute Gasteiger partial charge is 0.475 e. The van der Waals surface area contributed by atoms with Crippen LogP contribution in [0.2, 0.25) is 0 Å². The van der Waals surface area contributed by atoms with Crippen molar-refractivity contribution in [2.24, 2.45) is 0 Å². The van der Waals surface area contributed by atoms with E-state index < -0.39 is 11.7 Å². The molecule has 11 heteroatoms. The SMILES string of the molecule is COCCOc1cc(-n2ncc3cnc(NC(C)=O)cc32)nc(C(C)(F)F)n1. The van der Waals surface area contributed by atoms with Gasteiger partial charge in [0.1, 0.15) is 12.4 Å². The molecule has 0 fully saturated rings. The molecule has 0 bridgehead atoms. The highest BCUT2D eigenvalue weighted by molar-refractivity contribution is 5.90. The molecule has 3 aromatic rings. The van der Waals surface area contributed by atoms with Gasteiger partial charge in [-0.3, -0.25) is 4.79 Å². The van der Waals surface area contributed by atoms with Crippen LogP contribution in [0.4, 0.5) is 14.6 Å². The number of hydrogen-bond donors (Lipinski definition) is 1. The number of nitrogens with zero attached hydrogens (tertiary/aromatic N) is 5. The number of carbonyl (C=O) groups excluding carboxylic acids is 1. The monoisotopic (exact) mass is 392 g/mol. The summed E-state index contributed by atoms with van der Waals surface area (Å²) >= 11 is 0. The molecule has 0 aliphatic rings. The van der Waals surface area contributed by atoms with Gasteiger partial charge in [0.2, 0.25) is 17.6 Å². The average molecular weight is 392 g/mol. The van der Waals surface area contributed by atoms with Gasteiger partial charge in [-0.1, -0.05) is 0 Å². The number of ether oxygens (including phenoxy) is 2. The highest BCUT2D eigenvalue weighted by Gasteiger charge is 2.30. The lowest BCUT2D eigenvalue weighted by atomic mass is 10.3. The van der Waals surface area contributed by atoms with E-state index in [-0.39, 0.29) is 30.8 Å². The predicted octanol–water partition coefficient (Wildman–Crippen LogP) is 2.31. The Labute approximate surface area is 158 Å². The summed E-state index contributed by atoms with van der Waals surface area (Å²) in [4.78, 5) is 23.1. The fourth-order valence-corrected chi connectivity index (χ4v) is 2.37. The normalized spacial score (nSPS) is 11.6. The van der Waals surface area contributed by atoms with E-state index in [4.69, 9.17) is 9.47 Å². The number of carbonyl (C=O) groups is 1. The van der Waals surface area contributed by atoms with Crippen LogP contribution in [-0.2, 0) is 15.5 Å². The van der Waals surface area contributed by atoms with Gasteiger partial charge in [0.25, 0.3) is 0 Å². The van der Waals surface area contributed by atoms with E-state index in [0.717, 1.165) is 0 Å². The zero-order chi connectivity index (χ0) is 20.3. The molecule has 0 saturated heterocycles. The molecule has 3 heterocycles. The fraction of sp³-hybridized carbons (Fsp3) is 0.353. The number of hydrogen-bond acceptors (Lipinski definition) is 7. The maximum atomic E-state index is 13.9. The van der Waals surface area contributed by atoms with Crippen molar-refractivity contribution in [2.45, 2.75) is 19.8 Å². The lowest BCUT2D eigenvalue weighted by Crippen LogP contribution is -2.17. The van der Waals surface area contributed by atoms with E-state index >= 15 is 0 Å². The van der Waals surface area contributed by atoms with Gasteiger partial charge >= 0.3 is 5.92 Å². The van der Waals surface area contributed by atoms with Crippen molar-refractivity contribution in [3.63, 3.8) is 0 Å². The summed E-state index contributed by atoms with van der Waals surface area (Å²) < 4.78 is 39.4. The Bertz CT molecular complexity index is 1000. The van der Waals surface area contributed by atoms with Crippen LogP contribution in [0.3, 0.4) is 0 Å². The van der Waals surface area contributed by atoms with E-state index in [9.17, 15) is 13.6 Å². The van der Waals surface area contributed by atoms with Crippen LogP contribution in [0.5, 0.6) is 5.88 Å². The highest BCUT2D eigenvalue weighted by atomic mass is 19.3. The number of alkyl halides is 2. The molecule has 0 unspecified atom stereocenters. The van der Waals surface area contributed by atoms with Crippen LogP contribution in [0.15, 0.2) is 24.5 Å². The zero-order valence-corrected chi connectivity index (χ0v) is 15.4. The standard InChI is InChI=1S/C17H18F2N6O3/c1-10(26)22-13-6-12-11(8-20-13)9-21-25(12)14-7-15(28-5-4-27-3)24-16(23-14)17(2,18)19/h6-9H,4-5H2,1-3H3,(H,20,22,26). The van der Waals surface area contributed by atoms with Gasteiger partial charge in [0.05, 0.1) is 18.3 Å². The van der Waals surface area contributed by atoms with Crippen LogP contribution in [0.1, 0.15) is 19.7 Å².